The molecule has 0 aliphatic rings. The van der Waals surface area contributed by atoms with Crippen LogP contribution < -0.4 is 14.8 Å². The van der Waals surface area contributed by atoms with Gasteiger partial charge in [-0.25, -0.2) is 8.78 Å². The van der Waals surface area contributed by atoms with Crippen LogP contribution in [0.5, 0.6) is 11.5 Å². The second-order valence-electron chi connectivity index (χ2n) is 4.79. The lowest BCUT2D eigenvalue weighted by Gasteiger charge is -2.09. The van der Waals surface area contributed by atoms with Crippen LogP contribution in [0.2, 0.25) is 0 Å². The van der Waals surface area contributed by atoms with Gasteiger partial charge in [0, 0.05) is 17.8 Å². The van der Waals surface area contributed by atoms with Gasteiger partial charge in [-0.2, -0.15) is 0 Å². The molecule has 0 heterocycles. The van der Waals surface area contributed by atoms with Crippen molar-refractivity contribution in [2.45, 2.75) is 6.92 Å². The second kappa shape index (κ2) is 8.10. The van der Waals surface area contributed by atoms with Crippen LogP contribution in [0.15, 0.2) is 42.5 Å². The molecule has 1 amide bonds. The molecule has 0 bridgehead atoms. The first-order valence-corrected chi connectivity index (χ1v) is 7.28. The molecule has 0 aliphatic heterocycles. The lowest BCUT2D eigenvalue weighted by atomic mass is 10.2. The number of methoxy groups -OCH3 is 1. The summed E-state index contributed by atoms with van der Waals surface area (Å²) in [7, 11) is 1.53. The van der Waals surface area contributed by atoms with Crippen LogP contribution in [0, 0.1) is 11.6 Å². The Balaban J connectivity index is 2.06. The third kappa shape index (κ3) is 4.55. The molecular formula is C18H17F2NO3. The Hall–Kier alpha value is -2.89. The lowest BCUT2D eigenvalue weighted by molar-refractivity contribution is -0.111. The Morgan fingerprint density at radius 3 is 2.58 bits per heavy atom. The van der Waals surface area contributed by atoms with Crippen molar-refractivity contribution in [3.63, 3.8) is 0 Å². The molecule has 2 aromatic rings. The van der Waals surface area contributed by atoms with E-state index in [9.17, 15) is 13.6 Å². The van der Waals surface area contributed by atoms with E-state index in [1.807, 2.05) is 6.92 Å². The molecule has 0 radical (unpaired) electrons. The molecule has 0 atom stereocenters. The molecule has 2 rings (SSSR count). The number of hydrogen-bond acceptors (Lipinski definition) is 3. The molecular weight excluding hydrogens is 316 g/mol. The van der Waals surface area contributed by atoms with Crippen molar-refractivity contribution in [2.24, 2.45) is 0 Å². The van der Waals surface area contributed by atoms with Gasteiger partial charge in [0.1, 0.15) is 0 Å². The Labute approximate surface area is 138 Å². The average molecular weight is 333 g/mol. The highest BCUT2D eigenvalue weighted by atomic mass is 19.2. The zero-order valence-electron chi connectivity index (χ0n) is 13.3. The van der Waals surface area contributed by atoms with Crippen molar-refractivity contribution in [3.8, 4) is 11.5 Å². The number of rotatable bonds is 6. The topological polar surface area (TPSA) is 47.6 Å². The van der Waals surface area contributed by atoms with E-state index in [2.05, 4.69) is 5.32 Å². The Morgan fingerprint density at radius 2 is 1.92 bits per heavy atom. The summed E-state index contributed by atoms with van der Waals surface area (Å²) in [5, 5.41) is 2.45. The largest absolute Gasteiger partial charge is 0.493 e. The SMILES string of the molecule is CCOc1ccc(/C=C/C(=O)Nc2ccc(F)c(F)c2)cc1OC. The number of benzene rings is 2. The van der Waals surface area contributed by atoms with Gasteiger partial charge >= 0.3 is 0 Å². The fourth-order valence-electron chi connectivity index (χ4n) is 1.99. The number of anilines is 1. The van der Waals surface area contributed by atoms with Crippen molar-refractivity contribution in [2.75, 3.05) is 19.0 Å². The van der Waals surface area contributed by atoms with E-state index >= 15 is 0 Å². The molecule has 0 aliphatic carbocycles. The number of hydrogen-bond donors (Lipinski definition) is 1. The van der Waals surface area contributed by atoms with Crippen LogP contribution in [-0.4, -0.2) is 19.6 Å². The number of nitrogens with one attached hydrogen (secondary N) is 1. The molecule has 1 N–H and O–H groups in total. The standard InChI is InChI=1S/C18H17F2NO3/c1-3-24-16-8-4-12(10-17(16)23-2)5-9-18(22)21-13-6-7-14(19)15(20)11-13/h4-11H,3H2,1-2H3,(H,21,22)/b9-5+. The molecule has 0 fully saturated rings. The highest BCUT2D eigenvalue weighted by Gasteiger charge is 2.06. The van der Waals surface area contributed by atoms with Crippen LogP contribution in [0.3, 0.4) is 0 Å². The number of carbonyl (C=O) groups is 1. The summed E-state index contributed by atoms with van der Waals surface area (Å²) in [5.74, 6) is -1.28. The van der Waals surface area contributed by atoms with Crippen molar-refractivity contribution in [3.05, 3.63) is 59.7 Å². The fraction of sp³-hybridized carbons (Fsp3) is 0.167. The smallest absolute Gasteiger partial charge is 0.248 e. The van der Waals surface area contributed by atoms with Crippen LogP contribution in [0.25, 0.3) is 6.08 Å². The first-order chi connectivity index (χ1) is 11.5. The van der Waals surface area contributed by atoms with E-state index in [1.165, 1.54) is 19.3 Å². The highest BCUT2D eigenvalue weighted by molar-refractivity contribution is 6.01. The molecule has 0 saturated carbocycles. The van der Waals surface area contributed by atoms with Crippen molar-refractivity contribution >= 4 is 17.7 Å². The molecule has 24 heavy (non-hydrogen) atoms. The number of amides is 1. The number of halogens is 2. The van der Waals surface area contributed by atoms with E-state index < -0.39 is 17.5 Å². The molecule has 0 saturated heterocycles. The van der Waals surface area contributed by atoms with Gasteiger partial charge in [-0.05, 0) is 42.8 Å². The Kier molecular flexibility index (Phi) is 5.89. The van der Waals surface area contributed by atoms with Crippen molar-refractivity contribution in [1.82, 2.24) is 0 Å². The molecule has 6 heteroatoms. The van der Waals surface area contributed by atoms with E-state index in [0.717, 1.165) is 17.7 Å². The Bertz CT molecular complexity index is 760. The zero-order chi connectivity index (χ0) is 17.5. The second-order valence-corrected chi connectivity index (χ2v) is 4.79. The summed E-state index contributed by atoms with van der Waals surface area (Å²) in [6.45, 7) is 2.39. The van der Waals surface area contributed by atoms with Gasteiger partial charge in [0.2, 0.25) is 5.91 Å². The van der Waals surface area contributed by atoms with E-state index in [0.29, 0.717) is 18.1 Å². The Morgan fingerprint density at radius 1 is 1.12 bits per heavy atom. The summed E-state index contributed by atoms with van der Waals surface area (Å²) < 4.78 is 36.6. The quantitative estimate of drug-likeness (QED) is 0.812. The van der Waals surface area contributed by atoms with Gasteiger partial charge in [0.15, 0.2) is 23.1 Å². The monoisotopic (exact) mass is 333 g/mol. The summed E-state index contributed by atoms with van der Waals surface area (Å²) >= 11 is 0. The van der Waals surface area contributed by atoms with Crippen LogP contribution in [0.1, 0.15) is 12.5 Å². The van der Waals surface area contributed by atoms with Crippen molar-refractivity contribution in [1.29, 1.82) is 0 Å². The lowest BCUT2D eigenvalue weighted by Crippen LogP contribution is -2.08. The maximum absolute atomic E-state index is 13.1. The third-order valence-electron chi connectivity index (χ3n) is 3.10. The fourth-order valence-corrected chi connectivity index (χ4v) is 1.99. The number of ether oxygens (including phenoxy) is 2. The third-order valence-corrected chi connectivity index (χ3v) is 3.10. The minimum Gasteiger partial charge on any atom is -0.493 e. The van der Waals surface area contributed by atoms with E-state index in [4.69, 9.17) is 9.47 Å². The van der Waals surface area contributed by atoms with Gasteiger partial charge in [-0.3, -0.25) is 4.79 Å². The summed E-state index contributed by atoms with van der Waals surface area (Å²) in [4.78, 5) is 11.8. The van der Waals surface area contributed by atoms with Gasteiger partial charge in [-0.1, -0.05) is 6.07 Å². The number of carbonyl (C=O) groups excluding carboxylic acids is 1. The zero-order valence-corrected chi connectivity index (χ0v) is 13.3. The summed E-state index contributed by atoms with van der Waals surface area (Å²) in [6, 6.07) is 8.40. The summed E-state index contributed by atoms with van der Waals surface area (Å²) in [6.07, 6.45) is 2.86. The van der Waals surface area contributed by atoms with Crippen LogP contribution in [0.4, 0.5) is 14.5 Å². The maximum atomic E-state index is 13.1. The molecule has 0 unspecified atom stereocenters. The van der Waals surface area contributed by atoms with Gasteiger partial charge < -0.3 is 14.8 Å². The first kappa shape index (κ1) is 17.5. The molecule has 0 aromatic heterocycles. The first-order valence-electron chi connectivity index (χ1n) is 7.28. The minimum absolute atomic E-state index is 0.174. The van der Waals surface area contributed by atoms with E-state index in [1.54, 1.807) is 24.3 Å². The van der Waals surface area contributed by atoms with Gasteiger partial charge in [0.25, 0.3) is 0 Å². The van der Waals surface area contributed by atoms with Gasteiger partial charge in [0.05, 0.1) is 13.7 Å². The van der Waals surface area contributed by atoms with Crippen LogP contribution >= 0.6 is 0 Å². The van der Waals surface area contributed by atoms with Crippen molar-refractivity contribution < 1.29 is 23.0 Å². The predicted molar refractivity (Wildman–Crippen MR) is 88.2 cm³/mol. The van der Waals surface area contributed by atoms with Crippen LogP contribution in [-0.2, 0) is 4.79 Å². The maximum Gasteiger partial charge on any atom is 0.248 e. The van der Waals surface area contributed by atoms with Gasteiger partial charge in [-0.15, -0.1) is 0 Å². The highest BCUT2D eigenvalue weighted by Crippen LogP contribution is 2.28. The van der Waals surface area contributed by atoms with E-state index in [-0.39, 0.29) is 5.69 Å². The normalized spacial score (nSPS) is 10.7. The molecule has 4 nitrogen and oxygen atoms in total. The molecule has 126 valence electrons. The summed E-state index contributed by atoms with van der Waals surface area (Å²) in [5.41, 5.74) is 0.906. The molecule has 0 spiro atoms. The molecule has 2 aromatic carbocycles. The predicted octanol–water partition coefficient (Wildman–Crippen LogP) is 4.02. The average Bonchev–Trinajstić information content (AvgIpc) is 2.57. The minimum atomic E-state index is -1.02.